The molecular formula is C11H11N4Na2O7+. The number of aromatic amines is 1. The molecule has 1 aliphatic heterocycles. The van der Waals surface area contributed by atoms with Gasteiger partial charge in [-0.05, 0) is 0 Å². The number of hydrogen-bond donors (Lipinski definition) is 4. The van der Waals surface area contributed by atoms with Crippen LogP contribution in [0.1, 0.15) is 0 Å². The van der Waals surface area contributed by atoms with Crippen molar-refractivity contribution in [3.8, 4) is 0 Å². The molecule has 2 aromatic heterocycles. The van der Waals surface area contributed by atoms with E-state index in [2.05, 4.69) is 15.0 Å². The van der Waals surface area contributed by atoms with E-state index in [1.54, 1.807) is 0 Å². The van der Waals surface area contributed by atoms with E-state index < -0.39 is 42.2 Å². The van der Waals surface area contributed by atoms with Crippen LogP contribution in [-0.4, -0.2) is 65.7 Å². The van der Waals surface area contributed by atoms with Crippen molar-refractivity contribution >= 4 is 17.1 Å². The van der Waals surface area contributed by atoms with Gasteiger partial charge in [0, 0.05) is 0 Å². The van der Waals surface area contributed by atoms with Crippen LogP contribution in [0.4, 0.5) is 0 Å². The number of hydrogen-bond acceptors (Lipinski definition) is 9. The number of imidazole rings is 1. The third-order valence-corrected chi connectivity index (χ3v) is 3.61. The molecule has 0 amide bonds. The molecule has 0 aromatic carbocycles. The Balaban J connectivity index is 0.00000144. The van der Waals surface area contributed by atoms with Crippen molar-refractivity contribution in [3.05, 3.63) is 23.0 Å². The second-order valence-electron chi connectivity index (χ2n) is 4.78. The molecule has 13 heteroatoms. The molecule has 0 unspecified atom stereocenters. The van der Waals surface area contributed by atoms with Crippen molar-refractivity contribution < 1.29 is 89.1 Å². The zero-order valence-electron chi connectivity index (χ0n) is 12.9. The topological polar surface area (TPSA) is 174 Å². The Morgan fingerprint density at radius 3 is 2.62 bits per heavy atom. The molecular weight excluding hydrogens is 346 g/mol. The molecule has 0 aliphatic carbocycles. The first-order valence-corrected chi connectivity index (χ1v) is 6.21. The van der Waals surface area contributed by atoms with Gasteiger partial charge in [0.15, 0.2) is 11.2 Å². The summed E-state index contributed by atoms with van der Waals surface area (Å²) >= 11 is 0. The van der Waals surface area contributed by atoms with E-state index in [4.69, 9.17) is 9.84 Å². The number of carbonyl (C=O) groups is 1. The number of ether oxygens (including phenoxy) is 1. The number of fused-ring (bicyclic) bond motifs is 1. The molecule has 1 fully saturated rings. The Morgan fingerprint density at radius 1 is 1.42 bits per heavy atom. The number of carboxylic acid groups (broad SMARTS) is 1. The molecule has 24 heavy (non-hydrogen) atoms. The summed E-state index contributed by atoms with van der Waals surface area (Å²) in [6, 6.07) is 0. The Hall–Kier alpha value is -0.340. The molecule has 1 saturated heterocycles. The molecule has 3 heterocycles. The van der Waals surface area contributed by atoms with E-state index in [1.165, 1.54) is 0 Å². The number of nitrogens with zero attached hydrogens (tertiary/aromatic N) is 3. The summed E-state index contributed by atoms with van der Waals surface area (Å²) in [6.45, 7) is -0.728. The van der Waals surface area contributed by atoms with Gasteiger partial charge < -0.3 is 34.9 Å². The van der Waals surface area contributed by atoms with Crippen LogP contribution < -0.4 is 69.8 Å². The van der Waals surface area contributed by atoms with E-state index in [0.717, 1.165) is 17.2 Å². The smallest absolute Gasteiger partial charge is 0.545 e. The van der Waals surface area contributed by atoms with Gasteiger partial charge in [0.2, 0.25) is 5.72 Å². The standard InChI is InChI=1S/C11H12N4O7.2Na/c16-1-4-6(17)7(18)11(22-4,10(20)21)15-3-14-5-8(15)12-2-13-9(5)19;;/h2-4,6-7,16-18H,1H2,(H,20,21)(H,12,13,19);;/q;2*+1/p-1/t4-,6-,7-,11+;;/m1../s1. The summed E-state index contributed by atoms with van der Waals surface area (Å²) in [5.74, 6) is -1.88. The first kappa shape index (κ1) is 21.7. The van der Waals surface area contributed by atoms with Gasteiger partial charge in [0.1, 0.15) is 24.6 Å². The van der Waals surface area contributed by atoms with Crippen molar-refractivity contribution in [2.75, 3.05) is 6.61 Å². The number of nitrogens with one attached hydrogen (secondary N) is 1. The van der Waals surface area contributed by atoms with Gasteiger partial charge in [0.25, 0.3) is 5.56 Å². The summed E-state index contributed by atoms with van der Waals surface area (Å²) in [5, 5.41) is 40.7. The van der Waals surface area contributed by atoms with Gasteiger partial charge in [-0.15, -0.1) is 0 Å². The van der Waals surface area contributed by atoms with Crippen LogP contribution in [0, 0.1) is 0 Å². The SMILES string of the molecule is O=C([O-])[C@@]1(n2cnc3c(=O)[nH]cnc32)O[C@H](CO)[C@@H](O)[C@H]1O.[Na+].[Na+]. The summed E-state index contributed by atoms with van der Waals surface area (Å²) in [6.07, 6.45) is -3.05. The minimum Gasteiger partial charge on any atom is -0.545 e. The summed E-state index contributed by atoms with van der Waals surface area (Å²) < 4.78 is 5.92. The van der Waals surface area contributed by atoms with E-state index >= 15 is 0 Å². The predicted octanol–water partition coefficient (Wildman–Crippen LogP) is -10.4. The first-order valence-electron chi connectivity index (χ1n) is 6.21. The molecule has 3 rings (SSSR count). The predicted molar refractivity (Wildman–Crippen MR) is 65.1 cm³/mol. The fourth-order valence-electron chi connectivity index (χ4n) is 2.51. The van der Waals surface area contributed by atoms with Crippen molar-refractivity contribution in [1.82, 2.24) is 19.5 Å². The number of aromatic nitrogens is 4. The Labute approximate surface area is 178 Å². The van der Waals surface area contributed by atoms with Crippen molar-refractivity contribution in [2.24, 2.45) is 0 Å². The monoisotopic (exact) mass is 357 g/mol. The molecule has 11 nitrogen and oxygen atoms in total. The third kappa shape index (κ3) is 2.98. The third-order valence-electron chi connectivity index (χ3n) is 3.61. The van der Waals surface area contributed by atoms with E-state index in [1.807, 2.05) is 0 Å². The van der Waals surface area contributed by atoms with Gasteiger partial charge in [-0.25, -0.2) is 9.97 Å². The van der Waals surface area contributed by atoms with Crippen LogP contribution in [0.25, 0.3) is 11.2 Å². The van der Waals surface area contributed by atoms with E-state index in [9.17, 15) is 24.9 Å². The van der Waals surface area contributed by atoms with Crippen LogP contribution >= 0.6 is 0 Å². The molecule has 0 spiro atoms. The maximum absolute atomic E-state index is 11.6. The van der Waals surface area contributed by atoms with Crippen molar-refractivity contribution in [3.63, 3.8) is 0 Å². The number of aliphatic hydroxyl groups is 3. The van der Waals surface area contributed by atoms with Crippen LogP contribution in [0.15, 0.2) is 17.4 Å². The number of aliphatic hydroxyl groups excluding tert-OH is 3. The van der Waals surface area contributed by atoms with Crippen LogP contribution in [-0.2, 0) is 15.3 Å². The zero-order chi connectivity index (χ0) is 16.1. The van der Waals surface area contributed by atoms with Gasteiger partial charge in [-0.1, -0.05) is 0 Å². The number of H-pyrrole nitrogens is 1. The first-order chi connectivity index (χ1) is 10.4. The van der Waals surface area contributed by atoms with Crippen molar-refractivity contribution in [2.45, 2.75) is 24.0 Å². The van der Waals surface area contributed by atoms with Crippen LogP contribution in [0.2, 0.25) is 0 Å². The normalized spacial score (nSPS) is 29.0. The van der Waals surface area contributed by atoms with Crippen molar-refractivity contribution in [1.29, 1.82) is 0 Å². The van der Waals surface area contributed by atoms with E-state index in [-0.39, 0.29) is 70.3 Å². The van der Waals surface area contributed by atoms with Crippen LogP contribution in [0.5, 0.6) is 0 Å². The molecule has 1 aliphatic rings. The Morgan fingerprint density at radius 2 is 2.08 bits per heavy atom. The second kappa shape index (κ2) is 7.91. The fourth-order valence-corrected chi connectivity index (χ4v) is 2.51. The average Bonchev–Trinajstić information content (AvgIpc) is 3.02. The second-order valence-corrected chi connectivity index (χ2v) is 4.78. The number of rotatable bonds is 3. The molecule has 118 valence electrons. The average molecular weight is 357 g/mol. The molecule has 2 aromatic rings. The number of carbonyl (C=O) groups excluding carboxylic acids is 1. The molecule has 0 radical (unpaired) electrons. The molecule has 4 N–H and O–H groups in total. The summed E-state index contributed by atoms with van der Waals surface area (Å²) in [7, 11) is 0. The minimum atomic E-state index is -2.57. The number of aliphatic carboxylic acids is 1. The Bertz CT molecular complexity index is 796. The summed E-state index contributed by atoms with van der Waals surface area (Å²) in [5.41, 5.74) is -3.55. The molecule has 0 saturated carbocycles. The summed E-state index contributed by atoms with van der Waals surface area (Å²) in [4.78, 5) is 33.0. The van der Waals surface area contributed by atoms with Gasteiger partial charge in [-0.2, -0.15) is 0 Å². The minimum absolute atomic E-state index is 0. The zero-order valence-corrected chi connectivity index (χ0v) is 16.9. The van der Waals surface area contributed by atoms with Crippen LogP contribution in [0.3, 0.4) is 0 Å². The molecule has 0 bridgehead atoms. The number of carboxylic acids is 1. The maximum atomic E-state index is 11.6. The molecule has 4 atom stereocenters. The Kier molecular flexibility index (Phi) is 7.15. The van der Waals surface area contributed by atoms with Gasteiger partial charge in [0.05, 0.1) is 18.9 Å². The van der Waals surface area contributed by atoms with E-state index in [0.29, 0.717) is 0 Å². The van der Waals surface area contributed by atoms with Gasteiger partial charge in [-0.3, -0.25) is 9.36 Å². The fraction of sp³-hybridized carbons (Fsp3) is 0.455. The van der Waals surface area contributed by atoms with Gasteiger partial charge >= 0.3 is 59.1 Å². The largest absolute Gasteiger partial charge is 1.00 e. The quantitative estimate of drug-likeness (QED) is 0.389. The maximum Gasteiger partial charge on any atom is 1.00 e.